The number of amides is 2. The van der Waals surface area contributed by atoms with E-state index in [1.807, 2.05) is 57.2 Å². The van der Waals surface area contributed by atoms with E-state index in [4.69, 9.17) is 20.7 Å². The van der Waals surface area contributed by atoms with Gasteiger partial charge in [0.05, 0.1) is 5.69 Å². The maximum absolute atomic E-state index is 11.5. The Kier molecular flexibility index (Phi) is 11.8. The number of primary amides is 1. The molecule has 8 nitrogen and oxygen atoms in total. The average molecular weight is 468 g/mol. The highest BCUT2D eigenvalue weighted by Crippen LogP contribution is 2.30. The van der Waals surface area contributed by atoms with E-state index in [1.165, 1.54) is 5.69 Å². The second kappa shape index (κ2) is 14.3. The van der Waals surface area contributed by atoms with Gasteiger partial charge in [-0.1, -0.05) is 39.3 Å². The van der Waals surface area contributed by atoms with Gasteiger partial charge in [0.15, 0.2) is 0 Å². The van der Waals surface area contributed by atoms with Crippen molar-refractivity contribution >= 4 is 24.0 Å². The largest absolute Gasteiger partial charge is 0.483 e. The number of carboxylic acid groups (broad SMARTS) is 1. The topological polar surface area (TPSA) is 135 Å². The second-order valence-electron chi connectivity index (χ2n) is 7.05. The number of aryl methyl sites for hydroxylation is 2. The van der Waals surface area contributed by atoms with Crippen molar-refractivity contribution in [3.8, 4) is 16.9 Å². The minimum atomic E-state index is -0.550. The van der Waals surface area contributed by atoms with E-state index in [2.05, 4.69) is 28.9 Å². The van der Waals surface area contributed by atoms with Crippen molar-refractivity contribution in [1.82, 2.24) is 4.57 Å². The van der Waals surface area contributed by atoms with Crippen LogP contribution >= 0.6 is 0 Å². The van der Waals surface area contributed by atoms with Gasteiger partial charge >= 0.3 is 0 Å². The number of carbonyl (C=O) groups excluding carboxylic acids is 2. The van der Waals surface area contributed by atoms with Gasteiger partial charge in [-0.2, -0.15) is 0 Å². The zero-order chi connectivity index (χ0) is 25.7. The van der Waals surface area contributed by atoms with Crippen molar-refractivity contribution < 1.29 is 24.6 Å². The van der Waals surface area contributed by atoms with E-state index < -0.39 is 18.4 Å². The Morgan fingerprint density at radius 2 is 1.68 bits per heavy atom. The number of benzene rings is 2. The lowest BCUT2D eigenvalue weighted by molar-refractivity contribution is -0.123. The molecule has 0 saturated carbocycles. The monoisotopic (exact) mass is 467 g/mol. The van der Waals surface area contributed by atoms with E-state index in [1.54, 1.807) is 6.07 Å². The van der Waals surface area contributed by atoms with E-state index in [0.717, 1.165) is 35.3 Å². The van der Waals surface area contributed by atoms with E-state index in [9.17, 15) is 9.59 Å². The van der Waals surface area contributed by atoms with Gasteiger partial charge in [-0.05, 0) is 66.9 Å². The summed E-state index contributed by atoms with van der Waals surface area (Å²) in [7, 11) is 0. The van der Waals surface area contributed by atoms with Gasteiger partial charge in [-0.25, -0.2) is 0 Å². The highest BCUT2D eigenvalue weighted by Gasteiger charge is 2.15. The minimum absolute atomic E-state index is 0.250. The van der Waals surface area contributed by atoms with Crippen LogP contribution in [-0.2, 0) is 16.0 Å². The smallest absolute Gasteiger partial charge is 0.290 e. The Balaban J connectivity index is 0.00000107. The number of hydrogen-bond donors (Lipinski definition) is 4. The molecule has 34 heavy (non-hydrogen) atoms. The fourth-order valence-corrected chi connectivity index (χ4v) is 3.42. The molecule has 0 aliphatic heterocycles. The lowest BCUT2D eigenvalue weighted by Crippen LogP contribution is -2.15. The molecule has 0 radical (unpaired) electrons. The van der Waals surface area contributed by atoms with Gasteiger partial charge in [0.2, 0.25) is 11.8 Å². The number of aliphatic hydroxyl groups excluding tert-OH is 1. The summed E-state index contributed by atoms with van der Waals surface area (Å²) in [4.78, 5) is 31.2. The first-order valence-electron chi connectivity index (χ1n) is 11.1. The SMILES string of the molecule is CC.CCCc1ccc(-c2ccc(NC(=O)CO)cc2)n1-c1ccc(C(N)=O)cc1C.O=CO. The summed E-state index contributed by atoms with van der Waals surface area (Å²) in [5, 5.41) is 18.4. The molecule has 0 aliphatic rings. The molecule has 2 aromatic carbocycles. The van der Waals surface area contributed by atoms with Crippen LogP contribution in [0.4, 0.5) is 5.69 Å². The van der Waals surface area contributed by atoms with Crippen molar-refractivity contribution in [2.24, 2.45) is 5.73 Å². The van der Waals surface area contributed by atoms with Gasteiger partial charge < -0.3 is 25.8 Å². The van der Waals surface area contributed by atoms with Crippen LogP contribution in [0.25, 0.3) is 16.9 Å². The molecule has 1 heterocycles. The van der Waals surface area contributed by atoms with Crippen LogP contribution in [0, 0.1) is 6.92 Å². The molecule has 3 aromatic rings. The van der Waals surface area contributed by atoms with Crippen molar-refractivity contribution in [1.29, 1.82) is 0 Å². The number of aliphatic hydroxyl groups is 1. The lowest BCUT2D eigenvalue weighted by Gasteiger charge is -2.17. The molecule has 3 rings (SSSR count). The highest BCUT2D eigenvalue weighted by atomic mass is 16.3. The Hall–Kier alpha value is -3.91. The van der Waals surface area contributed by atoms with Crippen molar-refractivity contribution in [3.63, 3.8) is 0 Å². The van der Waals surface area contributed by atoms with E-state index >= 15 is 0 Å². The third-order valence-corrected chi connectivity index (χ3v) is 4.80. The number of anilines is 1. The van der Waals surface area contributed by atoms with Crippen LogP contribution in [0.5, 0.6) is 0 Å². The molecule has 0 aliphatic carbocycles. The summed E-state index contributed by atoms with van der Waals surface area (Å²) in [6, 6.07) is 17.2. The molecule has 0 bridgehead atoms. The van der Waals surface area contributed by atoms with Gasteiger partial charge in [-0.15, -0.1) is 0 Å². The summed E-state index contributed by atoms with van der Waals surface area (Å²) in [6.07, 6.45) is 1.93. The quantitative estimate of drug-likeness (QED) is 0.387. The van der Waals surface area contributed by atoms with Crippen molar-refractivity contribution in [2.75, 3.05) is 11.9 Å². The van der Waals surface area contributed by atoms with Crippen LogP contribution < -0.4 is 11.1 Å². The third kappa shape index (κ3) is 7.31. The summed E-state index contributed by atoms with van der Waals surface area (Å²) in [5.41, 5.74) is 11.7. The fourth-order valence-electron chi connectivity index (χ4n) is 3.42. The first kappa shape index (κ1) is 28.1. The summed E-state index contributed by atoms with van der Waals surface area (Å²) < 4.78 is 2.20. The van der Waals surface area contributed by atoms with Crippen LogP contribution in [0.3, 0.4) is 0 Å². The van der Waals surface area contributed by atoms with E-state index in [-0.39, 0.29) is 6.47 Å². The van der Waals surface area contributed by atoms with Crippen molar-refractivity contribution in [2.45, 2.75) is 40.5 Å². The highest BCUT2D eigenvalue weighted by molar-refractivity contribution is 5.93. The third-order valence-electron chi connectivity index (χ3n) is 4.80. The van der Waals surface area contributed by atoms with Gasteiger partial charge in [0, 0.05) is 22.6 Å². The molecule has 5 N–H and O–H groups in total. The molecule has 8 heteroatoms. The average Bonchev–Trinajstić information content (AvgIpc) is 3.24. The van der Waals surface area contributed by atoms with Crippen LogP contribution in [-0.4, -0.2) is 39.7 Å². The number of nitrogens with two attached hydrogens (primary N) is 1. The zero-order valence-corrected chi connectivity index (χ0v) is 20.0. The Morgan fingerprint density at radius 1 is 1.06 bits per heavy atom. The molecule has 0 fully saturated rings. The Morgan fingerprint density at radius 3 is 2.18 bits per heavy atom. The molecular weight excluding hydrogens is 434 g/mol. The second-order valence-corrected chi connectivity index (χ2v) is 7.05. The maximum Gasteiger partial charge on any atom is 0.290 e. The molecular formula is C26H33N3O5. The maximum atomic E-state index is 11.5. The van der Waals surface area contributed by atoms with Crippen molar-refractivity contribution in [3.05, 3.63) is 71.4 Å². The summed E-state index contributed by atoms with van der Waals surface area (Å²) in [5.74, 6) is -0.891. The molecule has 2 amide bonds. The number of nitrogens with zero attached hydrogens (tertiary/aromatic N) is 1. The molecule has 0 spiro atoms. The van der Waals surface area contributed by atoms with Crippen LogP contribution in [0.2, 0.25) is 0 Å². The number of rotatable bonds is 7. The first-order valence-corrected chi connectivity index (χ1v) is 11.1. The Bertz CT molecular complexity index is 1090. The summed E-state index contributed by atoms with van der Waals surface area (Å²) >= 11 is 0. The van der Waals surface area contributed by atoms with Gasteiger partial charge in [-0.3, -0.25) is 14.4 Å². The van der Waals surface area contributed by atoms with Crippen LogP contribution in [0.1, 0.15) is 48.8 Å². The zero-order valence-electron chi connectivity index (χ0n) is 20.0. The minimum Gasteiger partial charge on any atom is -0.483 e. The Labute approximate surface area is 200 Å². The van der Waals surface area contributed by atoms with Gasteiger partial charge in [0.1, 0.15) is 6.61 Å². The molecule has 1 aromatic heterocycles. The predicted octanol–water partition coefficient (Wildman–Crippen LogP) is 4.16. The van der Waals surface area contributed by atoms with Gasteiger partial charge in [0.25, 0.3) is 6.47 Å². The standard InChI is InChI=1S/C23H25N3O3.C2H6.CH2O2/c1-3-4-19-10-12-21(16-5-8-18(9-6-16)25-22(28)14-27)26(19)20-11-7-17(23(24)29)13-15(20)2;1-2;2-1-3/h5-13,27H,3-4,14H2,1-2H3,(H2,24,29)(H,25,28);1-2H3;1H,(H,2,3). The van der Waals surface area contributed by atoms with E-state index in [0.29, 0.717) is 11.3 Å². The number of hydrogen-bond acceptors (Lipinski definition) is 4. The molecule has 0 atom stereocenters. The lowest BCUT2D eigenvalue weighted by atomic mass is 10.1. The molecule has 0 saturated heterocycles. The number of nitrogens with one attached hydrogen (secondary N) is 1. The first-order chi connectivity index (χ1) is 16.4. The van der Waals surface area contributed by atoms with Crippen LogP contribution in [0.15, 0.2) is 54.6 Å². The summed E-state index contributed by atoms with van der Waals surface area (Å²) in [6.45, 7) is 7.30. The number of carbonyl (C=O) groups is 3. The fraction of sp³-hybridized carbons (Fsp3) is 0.269. The predicted molar refractivity (Wildman–Crippen MR) is 134 cm³/mol. The molecule has 0 unspecified atom stereocenters. The molecule has 182 valence electrons. The normalized spacial score (nSPS) is 9.68. The number of aromatic nitrogens is 1.